The van der Waals surface area contributed by atoms with Crippen molar-refractivity contribution >= 4 is 29.3 Å². The Morgan fingerprint density at radius 2 is 1.90 bits per heavy atom. The van der Waals surface area contributed by atoms with Crippen LogP contribution in [0.4, 0.5) is 10.5 Å². The number of carbonyl (C=O) groups is 2. The zero-order valence-corrected chi connectivity index (χ0v) is 12.6. The van der Waals surface area contributed by atoms with Gasteiger partial charge in [-0.25, -0.2) is 4.79 Å². The van der Waals surface area contributed by atoms with Gasteiger partial charge in [0.2, 0.25) is 0 Å². The molecule has 1 aromatic carbocycles. The number of benzene rings is 1. The van der Waals surface area contributed by atoms with Crippen molar-refractivity contribution < 1.29 is 9.59 Å². The molecule has 1 aliphatic carbocycles. The van der Waals surface area contributed by atoms with Crippen LogP contribution in [0.25, 0.3) is 0 Å². The maximum Gasteiger partial charge on any atom is 0.319 e. The molecule has 2 atom stereocenters. The Balaban J connectivity index is 1.84. The summed E-state index contributed by atoms with van der Waals surface area (Å²) in [4.78, 5) is 23.1. The van der Waals surface area contributed by atoms with Gasteiger partial charge in [0.05, 0.1) is 0 Å². The van der Waals surface area contributed by atoms with Crippen molar-refractivity contribution in [1.29, 1.82) is 0 Å². The first-order valence-corrected chi connectivity index (χ1v) is 8.08. The normalized spacial score (nSPS) is 21.5. The van der Waals surface area contributed by atoms with E-state index in [9.17, 15) is 9.59 Å². The number of hydrogen-bond acceptors (Lipinski definition) is 3. The van der Waals surface area contributed by atoms with Crippen molar-refractivity contribution in [3.63, 3.8) is 0 Å². The maximum atomic E-state index is 11.9. The van der Waals surface area contributed by atoms with Crippen LogP contribution < -0.4 is 10.6 Å². The van der Waals surface area contributed by atoms with E-state index in [1.54, 1.807) is 24.3 Å². The quantitative estimate of drug-likeness (QED) is 0.837. The van der Waals surface area contributed by atoms with Crippen LogP contribution >= 0.6 is 11.8 Å². The Hall–Kier alpha value is -1.49. The number of nitrogens with one attached hydrogen (secondary N) is 2. The van der Waals surface area contributed by atoms with Crippen LogP contribution in [0.3, 0.4) is 0 Å². The number of amides is 2. The number of ketones is 1. The van der Waals surface area contributed by atoms with Gasteiger partial charge >= 0.3 is 6.03 Å². The predicted molar refractivity (Wildman–Crippen MR) is 83.5 cm³/mol. The van der Waals surface area contributed by atoms with Gasteiger partial charge in [-0.1, -0.05) is 0 Å². The first-order chi connectivity index (χ1) is 9.58. The predicted octanol–water partition coefficient (Wildman–Crippen LogP) is 3.29. The van der Waals surface area contributed by atoms with Gasteiger partial charge in [-0.15, -0.1) is 0 Å². The average molecular weight is 292 g/mol. The van der Waals surface area contributed by atoms with E-state index in [2.05, 4.69) is 16.9 Å². The molecule has 2 amide bonds. The van der Waals surface area contributed by atoms with Crippen LogP contribution in [0.1, 0.15) is 36.5 Å². The SMILES string of the molecule is CSC1CCC(NC(=O)Nc2ccc(C(C)=O)cc2)C1. The molecule has 4 nitrogen and oxygen atoms in total. The fourth-order valence-corrected chi connectivity index (χ4v) is 3.22. The van der Waals surface area contributed by atoms with Crippen molar-refractivity contribution in [3.8, 4) is 0 Å². The van der Waals surface area contributed by atoms with Crippen LogP contribution in [-0.2, 0) is 0 Å². The highest BCUT2D eigenvalue weighted by Gasteiger charge is 2.24. The van der Waals surface area contributed by atoms with Gasteiger partial charge in [-0.3, -0.25) is 4.79 Å². The Labute approximate surface area is 123 Å². The van der Waals surface area contributed by atoms with Gasteiger partial charge < -0.3 is 10.6 Å². The van der Waals surface area contributed by atoms with Crippen LogP contribution in [0.2, 0.25) is 0 Å². The summed E-state index contributed by atoms with van der Waals surface area (Å²) < 4.78 is 0. The van der Waals surface area contributed by atoms with Crippen LogP contribution in [0, 0.1) is 0 Å². The first-order valence-electron chi connectivity index (χ1n) is 6.80. The zero-order valence-electron chi connectivity index (χ0n) is 11.8. The molecule has 20 heavy (non-hydrogen) atoms. The number of anilines is 1. The lowest BCUT2D eigenvalue weighted by molar-refractivity contribution is 0.101. The molecule has 0 spiro atoms. The minimum Gasteiger partial charge on any atom is -0.335 e. The number of carbonyl (C=O) groups excluding carboxylic acids is 2. The van der Waals surface area contributed by atoms with Crippen molar-refractivity contribution in [1.82, 2.24) is 5.32 Å². The molecule has 0 saturated heterocycles. The maximum absolute atomic E-state index is 11.9. The molecule has 108 valence electrons. The fraction of sp³-hybridized carbons (Fsp3) is 0.467. The van der Waals surface area contributed by atoms with Crippen LogP contribution in [0.5, 0.6) is 0 Å². The smallest absolute Gasteiger partial charge is 0.319 e. The number of thioether (sulfide) groups is 1. The minimum absolute atomic E-state index is 0.0232. The summed E-state index contributed by atoms with van der Waals surface area (Å²) in [6.07, 6.45) is 5.36. The van der Waals surface area contributed by atoms with E-state index in [1.807, 2.05) is 11.8 Å². The topological polar surface area (TPSA) is 58.2 Å². The molecule has 0 radical (unpaired) electrons. The summed E-state index contributed by atoms with van der Waals surface area (Å²) in [6.45, 7) is 1.53. The third-order valence-electron chi connectivity index (χ3n) is 3.60. The fourth-order valence-electron chi connectivity index (χ4n) is 2.43. The van der Waals surface area contributed by atoms with Crippen LogP contribution in [0.15, 0.2) is 24.3 Å². The van der Waals surface area contributed by atoms with E-state index >= 15 is 0 Å². The molecule has 1 aromatic rings. The first kappa shape index (κ1) is 14.9. The van der Waals surface area contributed by atoms with Gasteiger partial charge in [0.15, 0.2) is 5.78 Å². The highest BCUT2D eigenvalue weighted by Crippen LogP contribution is 2.28. The van der Waals surface area contributed by atoms with Crippen LogP contribution in [-0.4, -0.2) is 29.4 Å². The Morgan fingerprint density at radius 1 is 1.20 bits per heavy atom. The second-order valence-electron chi connectivity index (χ2n) is 5.10. The minimum atomic E-state index is -0.174. The van der Waals surface area contributed by atoms with Gasteiger partial charge in [0.1, 0.15) is 0 Å². The number of urea groups is 1. The molecule has 2 rings (SSSR count). The molecule has 1 fully saturated rings. The molecule has 2 N–H and O–H groups in total. The summed E-state index contributed by atoms with van der Waals surface area (Å²) in [6, 6.07) is 7.02. The second kappa shape index (κ2) is 6.79. The van der Waals surface area contributed by atoms with E-state index in [-0.39, 0.29) is 17.9 Å². The largest absolute Gasteiger partial charge is 0.335 e. The van der Waals surface area contributed by atoms with E-state index in [0.29, 0.717) is 16.5 Å². The Kier molecular flexibility index (Phi) is 5.06. The molecule has 0 aliphatic heterocycles. The van der Waals surface area contributed by atoms with E-state index in [0.717, 1.165) is 12.8 Å². The third-order valence-corrected chi connectivity index (χ3v) is 4.70. The molecular weight excluding hydrogens is 272 g/mol. The molecule has 2 unspecified atom stereocenters. The van der Waals surface area contributed by atoms with E-state index in [1.165, 1.54) is 13.3 Å². The lowest BCUT2D eigenvalue weighted by Gasteiger charge is -2.13. The van der Waals surface area contributed by atoms with Crippen molar-refractivity contribution in [3.05, 3.63) is 29.8 Å². The van der Waals surface area contributed by atoms with E-state index < -0.39 is 0 Å². The summed E-state index contributed by atoms with van der Waals surface area (Å²) in [5.41, 5.74) is 1.35. The highest BCUT2D eigenvalue weighted by atomic mass is 32.2. The molecule has 1 aliphatic rings. The molecule has 1 saturated carbocycles. The third kappa shape index (κ3) is 4.00. The molecular formula is C15H20N2O2S. The van der Waals surface area contributed by atoms with E-state index in [4.69, 9.17) is 0 Å². The van der Waals surface area contributed by atoms with Gasteiger partial charge in [-0.05, 0) is 56.7 Å². The Morgan fingerprint density at radius 3 is 2.45 bits per heavy atom. The summed E-state index contributed by atoms with van der Waals surface area (Å²) in [5.74, 6) is 0.0232. The zero-order chi connectivity index (χ0) is 14.5. The summed E-state index contributed by atoms with van der Waals surface area (Å²) in [5, 5.41) is 6.46. The number of Topliss-reactive ketones (excluding diaryl/α,β-unsaturated/α-hetero) is 1. The second-order valence-corrected chi connectivity index (χ2v) is 6.24. The lowest BCUT2D eigenvalue weighted by Crippen LogP contribution is -2.36. The summed E-state index contributed by atoms with van der Waals surface area (Å²) in [7, 11) is 0. The molecule has 0 aromatic heterocycles. The standard InChI is InChI=1S/C15H20N2O2S/c1-10(18)11-3-5-12(6-4-11)16-15(19)17-13-7-8-14(9-13)20-2/h3-6,13-14H,7-9H2,1-2H3,(H2,16,17,19). The molecule has 0 heterocycles. The van der Waals surface area contributed by atoms with Crippen molar-refractivity contribution in [2.75, 3.05) is 11.6 Å². The average Bonchev–Trinajstić information content (AvgIpc) is 2.86. The number of hydrogen-bond donors (Lipinski definition) is 2. The van der Waals surface area contributed by atoms with Gasteiger partial charge in [-0.2, -0.15) is 11.8 Å². The van der Waals surface area contributed by atoms with Crippen molar-refractivity contribution in [2.45, 2.75) is 37.5 Å². The number of rotatable bonds is 4. The Bertz CT molecular complexity index is 487. The van der Waals surface area contributed by atoms with Crippen molar-refractivity contribution in [2.24, 2.45) is 0 Å². The molecule has 5 heteroatoms. The summed E-state index contributed by atoms with van der Waals surface area (Å²) >= 11 is 1.87. The monoisotopic (exact) mass is 292 g/mol. The van der Waals surface area contributed by atoms with Gasteiger partial charge in [0, 0.05) is 22.5 Å². The lowest BCUT2D eigenvalue weighted by atomic mass is 10.1. The van der Waals surface area contributed by atoms with Gasteiger partial charge in [0.25, 0.3) is 0 Å². The highest BCUT2D eigenvalue weighted by molar-refractivity contribution is 7.99. The molecule has 0 bridgehead atoms.